The fourth-order valence-electron chi connectivity index (χ4n) is 3.36. The van der Waals surface area contributed by atoms with Crippen molar-refractivity contribution in [2.75, 3.05) is 34.3 Å². The van der Waals surface area contributed by atoms with Crippen LogP contribution >= 0.6 is 0 Å². The molecule has 0 N–H and O–H groups in total. The molecule has 0 spiro atoms. The van der Waals surface area contributed by atoms with Crippen molar-refractivity contribution < 1.29 is 9.53 Å². The van der Waals surface area contributed by atoms with E-state index < -0.39 is 0 Å². The number of pyridine rings is 1. The number of methoxy groups -OCH3 is 1. The molecular formula is C20H22N4O2. The lowest BCUT2D eigenvalue weighted by molar-refractivity contribution is 0.0737. The van der Waals surface area contributed by atoms with Gasteiger partial charge in [-0.15, -0.1) is 0 Å². The molecule has 0 unspecified atom stereocenters. The number of aromatic nitrogens is 1. The predicted octanol–water partition coefficient (Wildman–Crippen LogP) is 2.40. The molecule has 0 saturated carbocycles. The van der Waals surface area contributed by atoms with Gasteiger partial charge in [0.05, 0.1) is 7.11 Å². The molecule has 134 valence electrons. The number of likely N-dealkylation sites (N-methyl/N-ethyl adjacent to an activating group) is 2. The molecule has 26 heavy (non-hydrogen) atoms. The van der Waals surface area contributed by atoms with Crippen molar-refractivity contribution in [3.63, 3.8) is 0 Å². The second kappa shape index (κ2) is 7.54. The van der Waals surface area contributed by atoms with Crippen LogP contribution in [0.3, 0.4) is 0 Å². The zero-order chi connectivity index (χ0) is 18.7. The maximum Gasteiger partial charge on any atom is 0.253 e. The SMILES string of the molecule is COc1nccc(-c2cccc(C(=O)N(C)[C@@H]3CCN(C)C3)c2)c1C#N. The molecular weight excluding hydrogens is 328 g/mol. The van der Waals surface area contributed by atoms with Crippen LogP contribution in [0.1, 0.15) is 22.3 Å². The van der Waals surface area contributed by atoms with Crippen LogP contribution < -0.4 is 4.74 Å². The van der Waals surface area contributed by atoms with Gasteiger partial charge in [0.15, 0.2) is 0 Å². The molecule has 1 amide bonds. The van der Waals surface area contributed by atoms with E-state index in [1.54, 1.807) is 12.3 Å². The summed E-state index contributed by atoms with van der Waals surface area (Å²) in [6.07, 6.45) is 2.59. The Balaban J connectivity index is 1.92. The minimum atomic E-state index is -0.00770. The summed E-state index contributed by atoms with van der Waals surface area (Å²) in [7, 11) is 5.41. The lowest BCUT2D eigenvalue weighted by atomic mass is 9.99. The van der Waals surface area contributed by atoms with Gasteiger partial charge < -0.3 is 14.5 Å². The largest absolute Gasteiger partial charge is 0.480 e. The molecule has 3 rings (SSSR count). The van der Waals surface area contributed by atoms with Crippen LogP contribution in [0.2, 0.25) is 0 Å². The number of amides is 1. The predicted molar refractivity (Wildman–Crippen MR) is 98.9 cm³/mol. The average molecular weight is 350 g/mol. The number of benzene rings is 1. The van der Waals surface area contributed by atoms with Crippen molar-refractivity contribution in [3.8, 4) is 23.1 Å². The molecule has 2 aromatic rings. The molecule has 2 heterocycles. The summed E-state index contributed by atoms with van der Waals surface area (Å²) in [5.74, 6) is 0.277. The molecule has 1 aromatic carbocycles. The van der Waals surface area contributed by atoms with Gasteiger partial charge in [-0.1, -0.05) is 12.1 Å². The number of ether oxygens (including phenoxy) is 1. The van der Waals surface area contributed by atoms with E-state index in [0.29, 0.717) is 16.7 Å². The van der Waals surface area contributed by atoms with E-state index in [9.17, 15) is 10.1 Å². The van der Waals surface area contributed by atoms with Gasteiger partial charge in [0, 0.05) is 37.0 Å². The summed E-state index contributed by atoms with van der Waals surface area (Å²) in [5.41, 5.74) is 2.48. The van der Waals surface area contributed by atoms with E-state index in [1.165, 1.54) is 7.11 Å². The number of hydrogen-bond donors (Lipinski definition) is 0. The molecule has 1 aliphatic rings. The molecule has 1 aliphatic heterocycles. The second-order valence-electron chi connectivity index (χ2n) is 6.56. The normalized spacial score (nSPS) is 16.9. The van der Waals surface area contributed by atoms with Crippen molar-refractivity contribution in [1.29, 1.82) is 5.26 Å². The second-order valence-corrected chi connectivity index (χ2v) is 6.56. The lowest BCUT2D eigenvalue weighted by Gasteiger charge is -2.24. The van der Waals surface area contributed by atoms with E-state index >= 15 is 0 Å². The van der Waals surface area contributed by atoms with E-state index in [1.807, 2.05) is 36.2 Å². The van der Waals surface area contributed by atoms with Crippen LogP contribution in [-0.4, -0.2) is 61.0 Å². The molecule has 1 atom stereocenters. The van der Waals surface area contributed by atoms with Crippen LogP contribution in [0.5, 0.6) is 5.88 Å². The summed E-state index contributed by atoms with van der Waals surface area (Å²) in [5, 5.41) is 9.48. The first-order valence-corrected chi connectivity index (χ1v) is 8.54. The van der Waals surface area contributed by atoms with Crippen molar-refractivity contribution in [1.82, 2.24) is 14.8 Å². The Morgan fingerprint density at radius 2 is 2.23 bits per heavy atom. The molecule has 1 fully saturated rings. The topological polar surface area (TPSA) is 69.5 Å². The zero-order valence-corrected chi connectivity index (χ0v) is 15.3. The highest BCUT2D eigenvalue weighted by Crippen LogP contribution is 2.29. The Bertz CT molecular complexity index is 859. The third-order valence-corrected chi connectivity index (χ3v) is 4.88. The standard InChI is InChI=1S/C20H22N4O2/c1-23-10-8-16(13-23)24(2)20(25)15-6-4-5-14(11-15)17-7-9-22-19(26-3)18(17)12-21/h4-7,9,11,16H,8,10,13H2,1-3H3/t16-/m1/s1. The minimum Gasteiger partial charge on any atom is -0.480 e. The first-order valence-electron chi connectivity index (χ1n) is 8.54. The summed E-state index contributed by atoms with van der Waals surface area (Å²) < 4.78 is 5.18. The smallest absolute Gasteiger partial charge is 0.253 e. The summed E-state index contributed by atoms with van der Waals surface area (Å²) in [6.45, 7) is 1.90. The third-order valence-electron chi connectivity index (χ3n) is 4.88. The Morgan fingerprint density at radius 3 is 2.88 bits per heavy atom. The van der Waals surface area contributed by atoms with E-state index in [-0.39, 0.29) is 17.8 Å². The fourth-order valence-corrected chi connectivity index (χ4v) is 3.36. The molecule has 1 saturated heterocycles. The van der Waals surface area contributed by atoms with Crippen LogP contribution in [0.25, 0.3) is 11.1 Å². The van der Waals surface area contributed by atoms with Crippen LogP contribution in [0, 0.1) is 11.3 Å². The summed E-state index contributed by atoms with van der Waals surface area (Å²) in [6, 6.07) is 11.5. The van der Waals surface area contributed by atoms with Crippen LogP contribution in [-0.2, 0) is 0 Å². The number of nitrogens with zero attached hydrogens (tertiary/aromatic N) is 4. The van der Waals surface area contributed by atoms with Crippen molar-refractivity contribution in [2.24, 2.45) is 0 Å². The van der Waals surface area contributed by atoms with Gasteiger partial charge in [0.1, 0.15) is 11.6 Å². The Hall–Kier alpha value is -2.91. The number of rotatable bonds is 4. The van der Waals surface area contributed by atoms with E-state index in [2.05, 4.69) is 23.0 Å². The average Bonchev–Trinajstić information content (AvgIpc) is 3.12. The van der Waals surface area contributed by atoms with Crippen molar-refractivity contribution in [3.05, 3.63) is 47.7 Å². The molecule has 0 bridgehead atoms. The number of nitriles is 1. The molecule has 6 heteroatoms. The molecule has 0 aliphatic carbocycles. The molecule has 1 aromatic heterocycles. The Kier molecular flexibility index (Phi) is 5.19. The van der Waals surface area contributed by atoms with Crippen molar-refractivity contribution >= 4 is 5.91 Å². The maximum absolute atomic E-state index is 12.9. The number of likely N-dealkylation sites (tertiary alicyclic amines) is 1. The Labute approximate surface area is 153 Å². The lowest BCUT2D eigenvalue weighted by Crippen LogP contribution is -2.38. The highest BCUT2D eigenvalue weighted by atomic mass is 16.5. The highest BCUT2D eigenvalue weighted by Gasteiger charge is 2.27. The highest BCUT2D eigenvalue weighted by molar-refractivity contribution is 5.95. The minimum absolute atomic E-state index is 0.00770. The third kappa shape index (κ3) is 3.39. The van der Waals surface area contributed by atoms with Gasteiger partial charge in [-0.2, -0.15) is 5.26 Å². The molecule has 6 nitrogen and oxygen atoms in total. The van der Waals surface area contributed by atoms with Gasteiger partial charge in [-0.3, -0.25) is 4.79 Å². The first-order chi connectivity index (χ1) is 12.5. The number of hydrogen-bond acceptors (Lipinski definition) is 5. The van der Waals surface area contributed by atoms with Gasteiger partial charge >= 0.3 is 0 Å². The summed E-state index contributed by atoms with van der Waals surface area (Å²) >= 11 is 0. The van der Waals surface area contributed by atoms with Gasteiger partial charge in [0.2, 0.25) is 5.88 Å². The quantitative estimate of drug-likeness (QED) is 0.847. The first kappa shape index (κ1) is 17.9. The summed E-state index contributed by atoms with van der Waals surface area (Å²) in [4.78, 5) is 21.0. The number of carbonyl (C=O) groups excluding carboxylic acids is 1. The van der Waals surface area contributed by atoms with Crippen LogP contribution in [0.15, 0.2) is 36.5 Å². The van der Waals surface area contributed by atoms with Crippen molar-refractivity contribution in [2.45, 2.75) is 12.5 Å². The zero-order valence-electron chi connectivity index (χ0n) is 15.3. The molecule has 0 radical (unpaired) electrons. The fraction of sp³-hybridized carbons (Fsp3) is 0.350. The maximum atomic E-state index is 12.9. The Morgan fingerprint density at radius 1 is 1.42 bits per heavy atom. The van der Waals surface area contributed by atoms with Gasteiger partial charge in [0.25, 0.3) is 5.91 Å². The van der Waals surface area contributed by atoms with E-state index in [4.69, 9.17) is 4.74 Å². The van der Waals surface area contributed by atoms with Gasteiger partial charge in [-0.25, -0.2) is 4.98 Å². The number of carbonyl (C=O) groups is 1. The van der Waals surface area contributed by atoms with E-state index in [0.717, 1.165) is 25.1 Å². The monoisotopic (exact) mass is 350 g/mol. The van der Waals surface area contributed by atoms with Crippen LogP contribution in [0.4, 0.5) is 0 Å². The van der Waals surface area contributed by atoms with Gasteiger partial charge in [-0.05, 0) is 43.8 Å².